The Morgan fingerprint density at radius 3 is 2.52 bits per heavy atom. The number of nitrogens with zero attached hydrogens (tertiary/aromatic N) is 1. The number of rotatable bonds is 5. The smallest absolute Gasteiger partial charge is 0.173 e. The van der Waals surface area contributed by atoms with Gasteiger partial charge >= 0.3 is 0 Å². The molecule has 0 amide bonds. The number of fused-ring (bicyclic) bond motifs is 1. The van der Waals surface area contributed by atoms with Gasteiger partial charge in [0.2, 0.25) is 0 Å². The molecule has 4 heteroatoms. The van der Waals surface area contributed by atoms with Crippen LogP contribution in [-0.4, -0.2) is 35.9 Å². The third-order valence-corrected chi connectivity index (χ3v) is 5.99. The number of carbonyl (C=O) groups excluding carboxylic acids is 1. The zero-order chi connectivity index (χ0) is 16.6. The van der Waals surface area contributed by atoms with Crippen LogP contribution in [0.25, 0.3) is 0 Å². The molecular weight excluding hydrogens is 306 g/mol. The van der Waals surface area contributed by atoms with Crippen molar-refractivity contribution in [3.8, 4) is 5.75 Å². The van der Waals surface area contributed by atoms with Crippen LogP contribution in [0.2, 0.25) is 0 Å². The fourth-order valence-corrected chi connectivity index (χ4v) is 4.46. The summed E-state index contributed by atoms with van der Waals surface area (Å²) in [7, 11) is 4.23. The quantitative estimate of drug-likeness (QED) is 0.852. The van der Waals surface area contributed by atoms with Crippen LogP contribution in [0.3, 0.4) is 0 Å². The Balaban J connectivity index is 1.72. The molecule has 3 rings (SSSR count). The lowest BCUT2D eigenvalue weighted by Crippen LogP contribution is -2.28. The Kier molecular flexibility index (Phi) is 4.55. The van der Waals surface area contributed by atoms with Crippen molar-refractivity contribution in [2.45, 2.75) is 38.6 Å². The molecule has 122 valence electrons. The zero-order valence-electron chi connectivity index (χ0n) is 13.9. The molecule has 1 heterocycles. The number of hydrogen-bond acceptors (Lipinski definition) is 4. The van der Waals surface area contributed by atoms with E-state index in [1.165, 1.54) is 16.0 Å². The van der Waals surface area contributed by atoms with Gasteiger partial charge in [-0.15, -0.1) is 11.3 Å². The van der Waals surface area contributed by atoms with Crippen molar-refractivity contribution in [3.63, 3.8) is 0 Å². The molecule has 1 aliphatic rings. The molecule has 0 saturated carbocycles. The van der Waals surface area contributed by atoms with Crippen LogP contribution >= 0.6 is 11.3 Å². The molecule has 1 atom stereocenters. The van der Waals surface area contributed by atoms with Crippen molar-refractivity contribution < 1.29 is 9.90 Å². The number of thiophene rings is 1. The molecule has 0 aliphatic heterocycles. The van der Waals surface area contributed by atoms with Gasteiger partial charge in [-0.3, -0.25) is 4.79 Å². The average molecular weight is 329 g/mol. The highest BCUT2D eigenvalue weighted by Gasteiger charge is 2.30. The SMILES string of the molecule is Cc1sc(C(=O)CCc2ccc(O)cc2)c2c1C[C@H](N(C)C)C2. The van der Waals surface area contributed by atoms with Gasteiger partial charge in [-0.1, -0.05) is 12.1 Å². The van der Waals surface area contributed by atoms with Gasteiger partial charge in [0.15, 0.2) is 5.78 Å². The van der Waals surface area contributed by atoms with Gasteiger partial charge in [0.1, 0.15) is 5.75 Å². The first kappa shape index (κ1) is 16.2. The third-order valence-electron chi connectivity index (χ3n) is 4.76. The largest absolute Gasteiger partial charge is 0.508 e. The Hall–Kier alpha value is -1.65. The second kappa shape index (κ2) is 6.46. The molecule has 1 N–H and O–H groups in total. The zero-order valence-corrected chi connectivity index (χ0v) is 14.7. The lowest BCUT2D eigenvalue weighted by molar-refractivity contribution is 0.0986. The van der Waals surface area contributed by atoms with Crippen molar-refractivity contribution in [1.82, 2.24) is 4.90 Å². The maximum Gasteiger partial charge on any atom is 0.173 e. The van der Waals surface area contributed by atoms with Crippen LogP contribution in [0.5, 0.6) is 5.75 Å². The van der Waals surface area contributed by atoms with Crippen LogP contribution in [0.1, 0.15) is 37.7 Å². The van der Waals surface area contributed by atoms with E-state index in [1.807, 2.05) is 12.1 Å². The number of hydrogen-bond donors (Lipinski definition) is 1. The van der Waals surface area contributed by atoms with Gasteiger partial charge in [0.25, 0.3) is 0 Å². The van der Waals surface area contributed by atoms with E-state index in [4.69, 9.17) is 0 Å². The molecule has 0 spiro atoms. The molecule has 0 unspecified atom stereocenters. The summed E-state index contributed by atoms with van der Waals surface area (Å²) in [5.74, 6) is 0.522. The minimum atomic E-state index is 0.256. The third kappa shape index (κ3) is 3.33. The Bertz CT molecular complexity index is 716. The van der Waals surface area contributed by atoms with Crippen molar-refractivity contribution >= 4 is 17.1 Å². The summed E-state index contributed by atoms with van der Waals surface area (Å²) in [6, 6.07) is 7.64. The number of ketones is 1. The summed E-state index contributed by atoms with van der Waals surface area (Å²) < 4.78 is 0. The maximum absolute atomic E-state index is 12.7. The second-order valence-electron chi connectivity index (χ2n) is 6.56. The van der Waals surface area contributed by atoms with E-state index in [0.29, 0.717) is 12.5 Å². The molecule has 2 aromatic rings. The Labute approximate surface area is 141 Å². The molecule has 0 bridgehead atoms. The number of carbonyl (C=O) groups is 1. The van der Waals surface area contributed by atoms with Crippen LogP contribution in [0, 0.1) is 6.92 Å². The number of phenolic OH excluding ortho intramolecular Hbond substituents is 1. The van der Waals surface area contributed by atoms with Crippen molar-refractivity contribution in [1.29, 1.82) is 0 Å². The van der Waals surface area contributed by atoms with E-state index in [0.717, 1.165) is 29.7 Å². The minimum absolute atomic E-state index is 0.256. The van der Waals surface area contributed by atoms with Crippen LogP contribution in [0.15, 0.2) is 24.3 Å². The number of aryl methyl sites for hydroxylation is 2. The normalized spacial score (nSPS) is 16.8. The van der Waals surface area contributed by atoms with Crippen LogP contribution in [-0.2, 0) is 19.3 Å². The van der Waals surface area contributed by atoms with E-state index in [-0.39, 0.29) is 11.5 Å². The number of benzene rings is 1. The molecule has 0 fully saturated rings. The summed E-state index contributed by atoms with van der Waals surface area (Å²) >= 11 is 1.67. The molecule has 0 saturated heterocycles. The minimum Gasteiger partial charge on any atom is -0.508 e. The lowest BCUT2D eigenvalue weighted by Gasteiger charge is -2.18. The Morgan fingerprint density at radius 2 is 1.87 bits per heavy atom. The predicted octanol–water partition coefficient (Wildman–Crippen LogP) is 3.61. The van der Waals surface area contributed by atoms with Gasteiger partial charge in [-0.05, 0) is 69.1 Å². The second-order valence-corrected chi connectivity index (χ2v) is 7.78. The molecule has 1 aromatic carbocycles. The van der Waals surface area contributed by atoms with Gasteiger partial charge in [0.05, 0.1) is 4.88 Å². The van der Waals surface area contributed by atoms with Gasteiger partial charge < -0.3 is 10.0 Å². The summed E-state index contributed by atoms with van der Waals surface area (Å²) in [5.41, 5.74) is 3.79. The lowest BCUT2D eigenvalue weighted by atomic mass is 10.0. The fourth-order valence-electron chi connectivity index (χ4n) is 3.28. The molecule has 23 heavy (non-hydrogen) atoms. The predicted molar refractivity (Wildman–Crippen MR) is 94.7 cm³/mol. The highest BCUT2D eigenvalue weighted by atomic mass is 32.1. The van der Waals surface area contributed by atoms with Crippen LogP contribution < -0.4 is 0 Å². The van der Waals surface area contributed by atoms with Gasteiger partial charge in [-0.2, -0.15) is 0 Å². The van der Waals surface area contributed by atoms with Crippen LogP contribution in [0.4, 0.5) is 0 Å². The first-order valence-corrected chi connectivity index (χ1v) is 8.86. The van der Waals surface area contributed by atoms with E-state index < -0.39 is 0 Å². The van der Waals surface area contributed by atoms with E-state index in [1.54, 1.807) is 23.5 Å². The molecule has 3 nitrogen and oxygen atoms in total. The fraction of sp³-hybridized carbons (Fsp3) is 0.421. The highest BCUT2D eigenvalue weighted by Crippen LogP contribution is 2.37. The summed E-state index contributed by atoms with van der Waals surface area (Å²) in [4.78, 5) is 17.2. The monoisotopic (exact) mass is 329 g/mol. The van der Waals surface area contributed by atoms with E-state index in [2.05, 4.69) is 25.9 Å². The molecule has 1 aliphatic carbocycles. The van der Waals surface area contributed by atoms with E-state index >= 15 is 0 Å². The Morgan fingerprint density at radius 1 is 1.22 bits per heavy atom. The van der Waals surface area contributed by atoms with Crippen molar-refractivity contribution in [2.24, 2.45) is 0 Å². The summed E-state index contributed by atoms with van der Waals surface area (Å²) in [6.07, 6.45) is 3.31. The summed E-state index contributed by atoms with van der Waals surface area (Å²) in [5, 5.41) is 9.32. The number of Topliss-reactive ketones (excluding diaryl/α,β-unsaturated/α-hetero) is 1. The number of phenols is 1. The van der Waals surface area contributed by atoms with Gasteiger partial charge in [-0.25, -0.2) is 0 Å². The summed E-state index contributed by atoms with van der Waals surface area (Å²) in [6.45, 7) is 2.14. The van der Waals surface area contributed by atoms with E-state index in [9.17, 15) is 9.90 Å². The average Bonchev–Trinajstić information content (AvgIpc) is 3.07. The first-order chi connectivity index (χ1) is 11.0. The standard InChI is InChI=1S/C19H23NO2S/c1-12-16-10-14(20(2)3)11-17(16)19(23-12)18(22)9-6-13-4-7-15(21)8-5-13/h4-5,7-8,14,21H,6,9-11H2,1-3H3/t14-/m0/s1. The first-order valence-electron chi connectivity index (χ1n) is 8.04. The highest BCUT2D eigenvalue weighted by molar-refractivity contribution is 7.14. The molecule has 1 aromatic heterocycles. The molecule has 0 radical (unpaired) electrons. The van der Waals surface area contributed by atoms with Gasteiger partial charge in [0, 0.05) is 17.3 Å². The molecular formula is C19H23NO2S. The maximum atomic E-state index is 12.7. The topological polar surface area (TPSA) is 40.5 Å². The number of likely N-dealkylation sites (N-methyl/N-ethyl adjacent to an activating group) is 1. The van der Waals surface area contributed by atoms with Crippen molar-refractivity contribution in [2.75, 3.05) is 14.1 Å². The van der Waals surface area contributed by atoms with Crippen molar-refractivity contribution in [3.05, 3.63) is 50.7 Å². The number of aromatic hydroxyl groups is 1.